The molecule has 0 aliphatic carbocycles. The van der Waals surface area contributed by atoms with Crippen LogP contribution < -0.4 is 0 Å². The molecule has 3 N–H and O–H groups in total. The second-order valence-electron chi connectivity index (χ2n) is 5.44. The number of nitriles is 1. The normalized spacial score (nSPS) is 11.3. The summed E-state index contributed by atoms with van der Waals surface area (Å²) in [5, 5.41) is 49.6. The fourth-order valence-electron chi connectivity index (χ4n) is 2.22. The van der Waals surface area contributed by atoms with E-state index in [1.54, 1.807) is 24.3 Å². The highest BCUT2D eigenvalue weighted by molar-refractivity contribution is 6.03. The van der Waals surface area contributed by atoms with Gasteiger partial charge in [0, 0.05) is 24.9 Å². The lowest BCUT2D eigenvalue weighted by atomic mass is 10.1. The number of likely N-dealkylation sites (N-methyl/N-ethyl adjacent to an activating group) is 1. The molecule has 10 nitrogen and oxygen atoms in total. The van der Waals surface area contributed by atoms with E-state index >= 15 is 0 Å². The molecule has 1 aromatic heterocycles. The molecule has 0 unspecified atom stereocenters. The summed E-state index contributed by atoms with van der Waals surface area (Å²) >= 11 is 0. The Morgan fingerprint density at radius 2 is 2.07 bits per heavy atom. The minimum absolute atomic E-state index is 0.0547. The van der Waals surface area contributed by atoms with Crippen LogP contribution in [0.5, 0.6) is 11.5 Å². The van der Waals surface area contributed by atoms with Crippen molar-refractivity contribution in [2.24, 2.45) is 0 Å². The molecule has 27 heavy (non-hydrogen) atoms. The van der Waals surface area contributed by atoms with Gasteiger partial charge in [0.25, 0.3) is 5.91 Å². The average Bonchev–Trinajstić information content (AvgIpc) is 2.64. The second-order valence-corrected chi connectivity index (χ2v) is 5.44. The number of nitro benzene ring substituents is 1. The predicted octanol–water partition coefficient (Wildman–Crippen LogP) is 1.85. The van der Waals surface area contributed by atoms with Crippen LogP contribution in [0.3, 0.4) is 0 Å². The van der Waals surface area contributed by atoms with Gasteiger partial charge in [-0.05, 0) is 18.2 Å². The van der Waals surface area contributed by atoms with Crippen LogP contribution in [0.2, 0.25) is 0 Å². The van der Waals surface area contributed by atoms with Crippen LogP contribution in [0.4, 0.5) is 5.69 Å². The summed E-state index contributed by atoms with van der Waals surface area (Å²) in [4.78, 5) is 27.6. The zero-order chi connectivity index (χ0) is 20.1. The number of aromatic hydroxyl groups is 2. The fourth-order valence-corrected chi connectivity index (χ4v) is 2.22. The van der Waals surface area contributed by atoms with E-state index in [2.05, 4.69) is 4.98 Å². The highest BCUT2D eigenvalue weighted by Crippen LogP contribution is 2.38. The lowest BCUT2D eigenvalue weighted by Crippen LogP contribution is -2.28. The van der Waals surface area contributed by atoms with Crippen LogP contribution >= 0.6 is 0 Å². The summed E-state index contributed by atoms with van der Waals surface area (Å²) in [6, 6.07) is 8.19. The first-order chi connectivity index (χ1) is 12.8. The van der Waals surface area contributed by atoms with Gasteiger partial charge in [0.05, 0.1) is 17.2 Å². The number of nitro groups is 1. The number of phenolic OH excluding ortho intramolecular Hbond substituents is 2. The van der Waals surface area contributed by atoms with Gasteiger partial charge in [-0.2, -0.15) is 5.26 Å². The number of aliphatic hydroxyl groups excluding tert-OH is 1. The van der Waals surface area contributed by atoms with Crippen LogP contribution in [0.1, 0.15) is 11.3 Å². The van der Waals surface area contributed by atoms with Crippen LogP contribution in [0.15, 0.2) is 42.1 Å². The molecule has 0 aliphatic rings. The summed E-state index contributed by atoms with van der Waals surface area (Å²) in [5.41, 5.74) is -1.40. The monoisotopic (exact) mass is 370 g/mol. The zero-order valence-corrected chi connectivity index (χ0v) is 14.0. The first-order valence-corrected chi connectivity index (χ1v) is 7.45. The molecule has 0 atom stereocenters. The number of nitrogens with zero attached hydrogens (tertiary/aromatic N) is 4. The van der Waals surface area contributed by atoms with E-state index < -0.39 is 39.3 Å². The number of rotatable bonds is 5. The van der Waals surface area contributed by atoms with Gasteiger partial charge in [-0.15, -0.1) is 0 Å². The Balaban J connectivity index is 2.42. The largest absolute Gasteiger partial charge is 0.506 e. The van der Waals surface area contributed by atoms with Gasteiger partial charge in [-0.3, -0.25) is 19.9 Å². The van der Waals surface area contributed by atoms with Crippen molar-refractivity contribution >= 4 is 17.4 Å². The Bertz CT molecular complexity index is 965. The molecular weight excluding hydrogens is 356 g/mol. The minimum atomic E-state index is -0.992. The first kappa shape index (κ1) is 19.2. The van der Waals surface area contributed by atoms with E-state index in [9.17, 15) is 35.5 Å². The molecule has 10 heteroatoms. The third-order valence-electron chi connectivity index (χ3n) is 3.57. The molecule has 0 fully saturated rings. The maximum atomic E-state index is 12.5. The summed E-state index contributed by atoms with van der Waals surface area (Å²) in [6.45, 7) is 0.0547. The van der Waals surface area contributed by atoms with Crippen LogP contribution in [-0.2, 0) is 11.3 Å². The Morgan fingerprint density at radius 3 is 2.63 bits per heavy atom. The smallest absolute Gasteiger partial charge is 0.315 e. The average molecular weight is 370 g/mol. The Hall–Kier alpha value is -4.13. The molecule has 0 spiro atoms. The number of phenols is 2. The van der Waals surface area contributed by atoms with Gasteiger partial charge in [0.2, 0.25) is 5.75 Å². The number of amides is 1. The number of carbonyl (C=O) groups is 1. The van der Waals surface area contributed by atoms with Crippen molar-refractivity contribution in [3.63, 3.8) is 0 Å². The molecule has 0 bridgehead atoms. The molecule has 1 aromatic carbocycles. The van der Waals surface area contributed by atoms with E-state index in [0.29, 0.717) is 5.69 Å². The summed E-state index contributed by atoms with van der Waals surface area (Å²) in [7, 11) is 1.39. The Kier molecular flexibility index (Phi) is 5.57. The minimum Gasteiger partial charge on any atom is -0.506 e. The second kappa shape index (κ2) is 7.83. The first-order valence-electron chi connectivity index (χ1n) is 7.45. The molecule has 138 valence electrons. The molecule has 0 saturated heterocycles. The highest BCUT2D eigenvalue weighted by atomic mass is 16.6. The van der Waals surface area contributed by atoms with Gasteiger partial charge < -0.3 is 20.2 Å². The molecular formula is C17H14N4O6. The molecule has 1 heterocycles. The van der Waals surface area contributed by atoms with Gasteiger partial charge >= 0.3 is 5.69 Å². The van der Waals surface area contributed by atoms with Crippen molar-refractivity contribution in [3.05, 3.63) is 63.5 Å². The van der Waals surface area contributed by atoms with Gasteiger partial charge in [0.1, 0.15) is 11.8 Å². The fraction of sp³-hybridized carbons (Fsp3) is 0.118. The van der Waals surface area contributed by atoms with Gasteiger partial charge in [-0.1, -0.05) is 6.07 Å². The highest BCUT2D eigenvalue weighted by Gasteiger charge is 2.25. The molecule has 0 saturated carbocycles. The van der Waals surface area contributed by atoms with E-state index in [0.717, 1.165) is 17.0 Å². The van der Waals surface area contributed by atoms with Crippen molar-refractivity contribution < 1.29 is 25.0 Å². The Labute approximate surface area is 153 Å². The number of pyridine rings is 1. The zero-order valence-electron chi connectivity index (χ0n) is 14.0. The summed E-state index contributed by atoms with van der Waals surface area (Å²) in [6.07, 6.45) is 1.53. The number of aliphatic hydroxyl groups is 1. The molecule has 2 aromatic rings. The van der Waals surface area contributed by atoms with Crippen molar-refractivity contribution in [1.82, 2.24) is 9.88 Å². The summed E-state index contributed by atoms with van der Waals surface area (Å²) in [5.74, 6) is -3.59. The number of aromatic nitrogens is 1. The molecule has 1 amide bonds. The van der Waals surface area contributed by atoms with Gasteiger partial charge in [-0.25, -0.2) is 0 Å². The molecule has 2 rings (SSSR count). The maximum absolute atomic E-state index is 12.5. The van der Waals surface area contributed by atoms with Crippen LogP contribution in [0, 0.1) is 21.4 Å². The van der Waals surface area contributed by atoms with E-state index in [1.807, 2.05) is 0 Å². The van der Waals surface area contributed by atoms with E-state index in [1.165, 1.54) is 13.2 Å². The lowest BCUT2D eigenvalue weighted by Gasteiger charge is -2.16. The van der Waals surface area contributed by atoms with E-state index in [-0.39, 0.29) is 12.1 Å². The summed E-state index contributed by atoms with van der Waals surface area (Å²) < 4.78 is 0. The van der Waals surface area contributed by atoms with Crippen molar-refractivity contribution in [2.75, 3.05) is 7.05 Å². The molecule has 0 radical (unpaired) electrons. The quantitative estimate of drug-likeness (QED) is 0.179. The van der Waals surface area contributed by atoms with Crippen molar-refractivity contribution in [1.29, 1.82) is 5.26 Å². The number of benzene rings is 1. The number of hydrogen-bond donors (Lipinski definition) is 3. The number of carbonyl (C=O) groups excluding carboxylic acids is 1. The standard InChI is InChI=1S/C17H14N4O6/c1-20(9-11-4-2-3-5-19-11)17(25)12(8-18)15(23)10-6-13(21(26)27)16(24)14(22)7-10/h2-7,22-24H,9H2,1H3/b15-12-. The lowest BCUT2D eigenvalue weighted by molar-refractivity contribution is -0.386. The van der Waals surface area contributed by atoms with Crippen LogP contribution in [0.25, 0.3) is 5.76 Å². The maximum Gasteiger partial charge on any atom is 0.315 e. The Morgan fingerprint density at radius 1 is 1.37 bits per heavy atom. The van der Waals surface area contributed by atoms with Crippen molar-refractivity contribution in [2.45, 2.75) is 6.54 Å². The third-order valence-corrected chi connectivity index (χ3v) is 3.57. The number of hydrogen-bond acceptors (Lipinski definition) is 8. The SMILES string of the molecule is CN(Cc1ccccn1)C(=O)/C(C#N)=C(\O)c1cc(O)c(O)c([N+](=O)[O-])c1. The van der Waals surface area contributed by atoms with E-state index in [4.69, 9.17) is 0 Å². The topological polar surface area (TPSA) is 161 Å². The van der Waals surface area contributed by atoms with Gasteiger partial charge in [0.15, 0.2) is 11.3 Å². The van der Waals surface area contributed by atoms with Crippen LogP contribution in [-0.4, -0.2) is 43.1 Å². The predicted molar refractivity (Wildman–Crippen MR) is 92.3 cm³/mol. The molecule has 0 aliphatic heterocycles. The third kappa shape index (κ3) is 4.10. The van der Waals surface area contributed by atoms with Crippen molar-refractivity contribution in [3.8, 4) is 17.6 Å².